The first-order valence-corrected chi connectivity index (χ1v) is 11.4. The molecule has 0 heterocycles. The number of hydrogen-bond donors (Lipinski definition) is 2. The summed E-state index contributed by atoms with van der Waals surface area (Å²) < 4.78 is 0. The zero-order valence-electron chi connectivity index (χ0n) is 18.5. The van der Waals surface area contributed by atoms with Crippen LogP contribution in [0.1, 0.15) is 55.0 Å². The molecule has 3 rings (SSSR count). The Morgan fingerprint density at radius 2 is 1.59 bits per heavy atom. The highest BCUT2D eigenvalue weighted by Crippen LogP contribution is 2.32. The van der Waals surface area contributed by atoms with Gasteiger partial charge in [-0.05, 0) is 80.3 Å². The Kier molecular flexibility index (Phi) is 7.98. The number of nitriles is 1. The fourth-order valence-electron chi connectivity index (χ4n) is 4.07. The molecule has 0 bridgehead atoms. The summed E-state index contributed by atoms with van der Waals surface area (Å²) in [5.74, 6) is 0.0634. The number of rotatable bonds is 8. The molecule has 2 N–H and O–H groups in total. The van der Waals surface area contributed by atoms with E-state index in [2.05, 4.69) is 24.4 Å². The van der Waals surface area contributed by atoms with Gasteiger partial charge in [-0.2, -0.15) is 5.26 Å². The van der Waals surface area contributed by atoms with Gasteiger partial charge in [-0.1, -0.05) is 59.6 Å². The fourth-order valence-corrected chi connectivity index (χ4v) is 4.39. The van der Waals surface area contributed by atoms with Gasteiger partial charge >= 0.3 is 0 Å². The van der Waals surface area contributed by atoms with Crippen molar-refractivity contribution < 1.29 is 5.11 Å². The second kappa shape index (κ2) is 10.5. The van der Waals surface area contributed by atoms with Crippen molar-refractivity contribution in [2.45, 2.75) is 50.8 Å². The summed E-state index contributed by atoms with van der Waals surface area (Å²) in [4.78, 5) is 0. The summed E-state index contributed by atoms with van der Waals surface area (Å²) in [6.45, 7) is 5.70. The summed E-state index contributed by atoms with van der Waals surface area (Å²) in [5, 5.41) is 25.3. The Balaban J connectivity index is 1.96. The van der Waals surface area contributed by atoms with Crippen molar-refractivity contribution in [1.82, 2.24) is 5.32 Å². The third kappa shape index (κ3) is 6.34. The van der Waals surface area contributed by atoms with E-state index in [1.54, 1.807) is 13.8 Å². The minimum atomic E-state index is -1.02. The Morgan fingerprint density at radius 1 is 0.938 bits per heavy atom. The number of halogens is 2. The zero-order valence-corrected chi connectivity index (χ0v) is 20.0. The number of nitrogens with one attached hydrogen (secondary N) is 1. The molecule has 0 aliphatic carbocycles. The quantitative estimate of drug-likeness (QED) is 0.389. The average molecular weight is 467 g/mol. The summed E-state index contributed by atoms with van der Waals surface area (Å²) in [5.41, 5.74) is 2.76. The topological polar surface area (TPSA) is 56.0 Å². The van der Waals surface area contributed by atoms with E-state index in [0.29, 0.717) is 15.6 Å². The van der Waals surface area contributed by atoms with Gasteiger partial charge in [-0.15, -0.1) is 0 Å². The summed E-state index contributed by atoms with van der Waals surface area (Å²) in [6.07, 6.45) is 0.758. The standard InChI is InChI=1S/C27H28Cl2N2O/c1-18(31-26(27(2,3)32)22-8-5-9-24(29)16-22)25(15-19-10-12-23(28)13-11-19)21-7-4-6-20(14-21)17-30/h4-14,16,18,25-26,31-32H,15H2,1-3H3/t18-,25+,26?/m0/s1. The van der Waals surface area contributed by atoms with E-state index in [1.165, 1.54) is 0 Å². The summed E-state index contributed by atoms with van der Waals surface area (Å²) >= 11 is 12.3. The molecule has 0 radical (unpaired) electrons. The average Bonchev–Trinajstić information content (AvgIpc) is 2.76. The lowest BCUT2D eigenvalue weighted by atomic mass is 9.83. The lowest BCUT2D eigenvalue weighted by Gasteiger charge is -2.36. The molecule has 32 heavy (non-hydrogen) atoms. The van der Waals surface area contributed by atoms with E-state index in [9.17, 15) is 10.4 Å². The van der Waals surface area contributed by atoms with Crippen LogP contribution in [0.2, 0.25) is 10.0 Å². The number of benzene rings is 3. The first kappa shape index (κ1) is 24.3. The van der Waals surface area contributed by atoms with Crippen LogP contribution >= 0.6 is 23.2 Å². The smallest absolute Gasteiger partial charge is 0.0991 e. The molecule has 0 saturated carbocycles. The van der Waals surface area contributed by atoms with Crippen molar-refractivity contribution in [3.8, 4) is 6.07 Å². The van der Waals surface area contributed by atoms with Gasteiger partial charge in [0.15, 0.2) is 0 Å². The predicted molar refractivity (Wildman–Crippen MR) is 132 cm³/mol. The fraction of sp³-hybridized carbons (Fsp3) is 0.296. The van der Waals surface area contributed by atoms with E-state index in [-0.39, 0.29) is 18.0 Å². The van der Waals surface area contributed by atoms with Gasteiger partial charge in [-0.25, -0.2) is 0 Å². The first-order valence-electron chi connectivity index (χ1n) is 10.7. The van der Waals surface area contributed by atoms with Crippen molar-refractivity contribution in [2.75, 3.05) is 0 Å². The van der Waals surface area contributed by atoms with Crippen LogP contribution in [0.15, 0.2) is 72.8 Å². The molecule has 0 spiro atoms. The van der Waals surface area contributed by atoms with E-state index in [4.69, 9.17) is 23.2 Å². The maximum atomic E-state index is 11.0. The molecule has 0 fully saturated rings. The molecule has 0 aliphatic heterocycles. The van der Waals surface area contributed by atoms with Crippen LogP contribution in [0.4, 0.5) is 0 Å². The maximum absolute atomic E-state index is 11.0. The Hall–Kier alpha value is -2.35. The number of aliphatic hydroxyl groups is 1. The molecule has 5 heteroatoms. The molecule has 0 aliphatic rings. The van der Waals surface area contributed by atoms with Crippen LogP contribution in [0.3, 0.4) is 0 Å². The summed E-state index contributed by atoms with van der Waals surface area (Å²) in [6, 6.07) is 25.0. The van der Waals surface area contributed by atoms with E-state index < -0.39 is 5.60 Å². The van der Waals surface area contributed by atoms with Crippen molar-refractivity contribution >= 4 is 23.2 Å². The molecule has 3 nitrogen and oxygen atoms in total. The van der Waals surface area contributed by atoms with Crippen molar-refractivity contribution in [3.63, 3.8) is 0 Å². The molecule has 0 saturated heterocycles. The molecule has 166 valence electrons. The lowest BCUT2D eigenvalue weighted by molar-refractivity contribution is 0.0316. The van der Waals surface area contributed by atoms with E-state index in [1.807, 2.05) is 66.7 Å². The minimum absolute atomic E-state index is 0.0185. The summed E-state index contributed by atoms with van der Waals surface area (Å²) in [7, 11) is 0. The molecule has 0 aromatic heterocycles. The predicted octanol–water partition coefficient (Wildman–Crippen LogP) is 6.68. The van der Waals surface area contributed by atoms with Gasteiger partial charge in [0.2, 0.25) is 0 Å². The lowest BCUT2D eigenvalue weighted by Crippen LogP contribution is -2.45. The van der Waals surface area contributed by atoms with Crippen LogP contribution in [-0.4, -0.2) is 16.7 Å². The number of hydrogen-bond acceptors (Lipinski definition) is 3. The van der Waals surface area contributed by atoms with E-state index in [0.717, 1.165) is 23.1 Å². The number of nitrogens with zero attached hydrogens (tertiary/aromatic N) is 1. The molecular weight excluding hydrogens is 439 g/mol. The van der Waals surface area contributed by atoms with Crippen molar-refractivity contribution in [3.05, 3.63) is 105 Å². The Morgan fingerprint density at radius 3 is 2.22 bits per heavy atom. The van der Waals surface area contributed by atoms with Crippen LogP contribution < -0.4 is 5.32 Å². The highest BCUT2D eigenvalue weighted by atomic mass is 35.5. The second-order valence-electron chi connectivity index (χ2n) is 8.77. The maximum Gasteiger partial charge on any atom is 0.0991 e. The van der Waals surface area contributed by atoms with Crippen molar-refractivity contribution in [1.29, 1.82) is 5.26 Å². The molecule has 3 aromatic carbocycles. The highest BCUT2D eigenvalue weighted by molar-refractivity contribution is 6.30. The molecule has 1 unspecified atom stereocenters. The highest BCUT2D eigenvalue weighted by Gasteiger charge is 2.32. The second-order valence-corrected chi connectivity index (χ2v) is 9.64. The molecular formula is C27H28Cl2N2O. The van der Waals surface area contributed by atoms with Gasteiger partial charge < -0.3 is 10.4 Å². The van der Waals surface area contributed by atoms with Crippen LogP contribution in [0, 0.1) is 11.3 Å². The molecule has 3 aromatic rings. The van der Waals surface area contributed by atoms with Gasteiger partial charge in [0, 0.05) is 22.0 Å². The Labute approximate surface area is 200 Å². The normalized spacial score (nSPS) is 14.4. The van der Waals surface area contributed by atoms with Gasteiger partial charge in [0.1, 0.15) is 0 Å². The zero-order chi connectivity index (χ0) is 23.3. The van der Waals surface area contributed by atoms with E-state index >= 15 is 0 Å². The monoisotopic (exact) mass is 466 g/mol. The third-order valence-corrected chi connectivity index (χ3v) is 6.22. The van der Waals surface area contributed by atoms with Crippen LogP contribution in [0.25, 0.3) is 0 Å². The van der Waals surface area contributed by atoms with Crippen LogP contribution in [0.5, 0.6) is 0 Å². The van der Waals surface area contributed by atoms with Gasteiger partial charge in [0.25, 0.3) is 0 Å². The largest absolute Gasteiger partial charge is 0.388 e. The third-order valence-electron chi connectivity index (χ3n) is 5.73. The van der Waals surface area contributed by atoms with Crippen LogP contribution in [-0.2, 0) is 6.42 Å². The van der Waals surface area contributed by atoms with Crippen molar-refractivity contribution in [2.24, 2.45) is 0 Å². The molecule has 3 atom stereocenters. The Bertz CT molecular complexity index is 1080. The SMILES string of the molecule is C[C@H](NC(c1cccc(Cl)c1)C(C)(C)O)[C@@H](Cc1ccc(Cl)cc1)c1cccc(C#N)c1. The minimum Gasteiger partial charge on any atom is -0.388 e. The van der Waals surface area contributed by atoms with Gasteiger partial charge in [0.05, 0.1) is 23.3 Å². The van der Waals surface area contributed by atoms with Gasteiger partial charge in [-0.3, -0.25) is 0 Å². The molecule has 0 amide bonds. The first-order chi connectivity index (χ1) is 15.2.